The highest BCUT2D eigenvalue weighted by Gasteiger charge is 2.27. The summed E-state index contributed by atoms with van der Waals surface area (Å²) in [7, 11) is 0. The first-order valence-corrected chi connectivity index (χ1v) is 9.49. The summed E-state index contributed by atoms with van der Waals surface area (Å²) >= 11 is 0. The molecule has 7 nitrogen and oxygen atoms in total. The van der Waals surface area contributed by atoms with Gasteiger partial charge < -0.3 is 14.2 Å². The highest BCUT2D eigenvalue weighted by Crippen LogP contribution is 2.30. The molecule has 2 aromatic heterocycles. The van der Waals surface area contributed by atoms with Crippen molar-refractivity contribution in [3.8, 4) is 11.5 Å². The minimum absolute atomic E-state index is 0.310. The van der Waals surface area contributed by atoms with Crippen LogP contribution in [0.4, 0.5) is 5.82 Å². The molecule has 4 rings (SSSR count). The normalized spacial score (nSPS) is 18.5. The molecule has 1 saturated carbocycles. The van der Waals surface area contributed by atoms with Gasteiger partial charge in [-0.2, -0.15) is 0 Å². The summed E-state index contributed by atoms with van der Waals surface area (Å²) in [5.74, 6) is 2.79. The second kappa shape index (κ2) is 7.43. The van der Waals surface area contributed by atoms with Gasteiger partial charge in [0.15, 0.2) is 0 Å². The lowest BCUT2D eigenvalue weighted by Crippen LogP contribution is -2.49. The fourth-order valence-electron chi connectivity index (χ4n) is 3.98. The van der Waals surface area contributed by atoms with Crippen molar-refractivity contribution >= 4 is 11.7 Å². The van der Waals surface area contributed by atoms with Crippen LogP contribution >= 0.6 is 0 Å². The van der Waals surface area contributed by atoms with Crippen LogP contribution in [0.1, 0.15) is 38.0 Å². The van der Waals surface area contributed by atoms with E-state index >= 15 is 0 Å². The highest BCUT2D eigenvalue weighted by atomic mass is 16.4. The summed E-state index contributed by atoms with van der Waals surface area (Å²) in [6, 6.07) is 3.83. The Balaban J connectivity index is 1.41. The van der Waals surface area contributed by atoms with Crippen molar-refractivity contribution < 1.29 is 9.21 Å². The number of carbonyl (C=O) groups excluding carboxylic acids is 1. The molecule has 1 saturated heterocycles. The first-order valence-electron chi connectivity index (χ1n) is 9.49. The van der Waals surface area contributed by atoms with Crippen LogP contribution in [-0.2, 0) is 4.79 Å². The van der Waals surface area contributed by atoms with Crippen LogP contribution in [0.15, 0.2) is 22.7 Å². The topological polar surface area (TPSA) is 75.4 Å². The van der Waals surface area contributed by atoms with Gasteiger partial charge in [0.1, 0.15) is 5.82 Å². The van der Waals surface area contributed by atoms with E-state index < -0.39 is 0 Å². The maximum atomic E-state index is 12.5. The molecule has 2 fully saturated rings. The van der Waals surface area contributed by atoms with Crippen molar-refractivity contribution in [1.29, 1.82) is 0 Å². The summed E-state index contributed by atoms with van der Waals surface area (Å²) in [6.07, 6.45) is 7.49. The van der Waals surface area contributed by atoms with E-state index in [2.05, 4.69) is 20.1 Å². The molecule has 0 atom stereocenters. The second-order valence-electron chi connectivity index (χ2n) is 7.22. The average Bonchev–Trinajstić information content (AvgIpc) is 3.33. The van der Waals surface area contributed by atoms with E-state index in [0.717, 1.165) is 44.0 Å². The van der Waals surface area contributed by atoms with Gasteiger partial charge in [-0.1, -0.05) is 12.8 Å². The van der Waals surface area contributed by atoms with Crippen molar-refractivity contribution in [2.24, 2.45) is 5.92 Å². The van der Waals surface area contributed by atoms with Gasteiger partial charge >= 0.3 is 0 Å². The summed E-state index contributed by atoms with van der Waals surface area (Å²) in [5, 5.41) is 8.04. The number of pyridine rings is 1. The Morgan fingerprint density at radius 2 is 1.96 bits per heavy atom. The van der Waals surface area contributed by atoms with E-state index in [1.54, 1.807) is 13.1 Å². The quantitative estimate of drug-likeness (QED) is 0.839. The third kappa shape index (κ3) is 3.57. The zero-order valence-electron chi connectivity index (χ0n) is 15.2. The second-order valence-corrected chi connectivity index (χ2v) is 7.22. The number of anilines is 1. The lowest BCUT2D eigenvalue weighted by Gasteiger charge is -2.36. The van der Waals surface area contributed by atoms with Crippen LogP contribution < -0.4 is 4.90 Å². The Kier molecular flexibility index (Phi) is 4.86. The number of piperazine rings is 1. The molecule has 2 aromatic rings. The zero-order valence-corrected chi connectivity index (χ0v) is 15.2. The van der Waals surface area contributed by atoms with E-state index in [-0.39, 0.29) is 0 Å². The molecule has 3 heterocycles. The lowest BCUT2D eigenvalue weighted by molar-refractivity contribution is -0.132. The minimum atomic E-state index is 0.310. The molecule has 26 heavy (non-hydrogen) atoms. The molecule has 1 amide bonds. The third-order valence-corrected chi connectivity index (χ3v) is 5.41. The predicted molar refractivity (Wildman–Crippen MR) is 97.6 cm³/mol. The van der Waals surface area contributed by atoms with Crippen LogP contribution in [-0.4, -0.2) is 52.2 Å². The smallest absolute Gasteiger partial charge is 0.251 e. The molecule has 1 aliphatic carbocycles. The van der Waals surface area contributed by atoms with Gasteiger partial charge in [-0.15, -0.1) is 10.2 Å². The summed E-state index contributed by atoms with van der Waals surface area (Å²) in [4.78, 5) is 21.3. The molecule has 1 aliphatic heterocycles. The molecule has 7 heteroatoms. The number of aryl methyl sites for hydroxylation is 1. The molecule has 0 bridgehead atoms. The van der Waals surface area contributed by atoms with E-state index in [0.29, 0.717) is 23.6 Å². The molecule has 0 radical (unpaired) electrons. The number of aromatic nitrogens is 3. The van der Waals surface area contributed by atoms with Gasteiger partial charge in [0.05, 0.1) is 5.56 Å². The molecular weight excluding hydrogens is 330 g/mol. The van der Waals surface area contributed by atoms with Crippen molar-refractivity contribution in [3.05, 3.63) is 24.2 Å². The highest BCUT2D eigenvalue weighted by molar-refractivity contribution is 5.77. The minimum Gasteiger partial charge on any atom is -0.421 e. The van der Waals surface area contributed by atoms with Gasteiger partial charge in [-0.05, 0) is 30.9 Å². The van der Waals surface area contributed by atoms with Gasteiger partial charge in [-0.3, -0.25) is 4.79 Å². The van der Waals surface area contributed by atoms with E-state index in [1.165, 1.54) is 25.7 Å². The Morgan fingerprint density at radius 3 is 2.65 bits per heavy atom. The molecule has 138 valence electrons. The number of nitrogens with zero attached hydrogens (tertiary/aromatic N) is 5. The maximum absolute atomic E-state index is 12.5. The molecular formula is C19H25N5O2. The Morgan fingerprint density at radius 1 is 1.19 bits per heavy atom. The lowest BCUT2D eigenvalue weighted by atomic mass is 10.0. The van der Waals surface area contributed by atoms with Crippen LogP contribution in [0.2, 0.25) is 0 Å². The summed E-state index contributed by atoms with van der Waals surface area (Å²) in [5.41, 5.74) is 0.846. The van der Waals surface area contributed by atoms with Crippen LogP contribution in [0.5, 0.6) is 0 Å². The van der Waals surface area contributed by atoms with Gasteiger partial charge in [-0.25, -0.2) is 4.98 Å². The van der Waals surface area contributed by atoms with Crippen molar-refractivity contribution in [1.82, 2.24) is 20.1 Å². The molecule has 0 aromatic carbocycles. The fraction of sp³-hybridized carbons (Fsp3) is 0.579. The number of carbonyl (C=O) groups is 1. The Hall–Kier alpha value is -2.44. The van der Waals surface area contributed by atoms with E-state index in [9.17, 15) is 4.79 Å². The Labute approximate surface area is 153 Å². The van der Waals surface area contributed by atoms with Gasteiger partial charge in [0.25, 0.3) is 5.89 Å². The number of hydrogen-bond acceptors (Lipinski definition) is 6. The Bertz CT molecular complexity index is 761. The number of amides is 1. The molecule has 0 spiro atoms. The predicted octanol–water partition coefficient (Wildman–Crippen LogP) is 2.67. The maximum Gasteiger partial charge on any atom is 0.251 e. The van der Waals surface area contributed by atoms with Crippen LogP contribution in [0, 0.1) is 12.8 Å². The van der Waals surface area contributed by atoms with Crippen molar-refractivity contribution in [3.63, 3.8) is 0 Å². The first kappa shape index (κ1) is 17.0. The monoisotopic (exact) mass is 355 g/mol. The molecule has 2 aliphatic rings. The summed E-state index contributed by atoms with van der Waals surface area (Å²) in [6.45, 7) is 4.80. The SMILES string of the molecule is Cc1nnc(-c2cccnc2N2CCN(C(=O)CC3CCCC3)CC2)o1. The number of hydrogen-bond donors (Lipinski definition) is 0. The van der Waals surface area contributed by atoms with E-state index in [4.69, 9.17) is 4.42 Å². The van der Waals surface area contributed by atoms with Gasteiger partial charge in [0, 0.05) is 45.7 Å². The first-order chi connectivity index (χ1) is 12.7. The average molecular weight is 355 g/mol. The summed E-state index contributed by atoms with van der Waals surface area (Å²) < 4.78 is 5.58. The van der Waals surface area contributed by atoms with Crippen molar-refractivity contribution in [2.45, 2.75) is 39.0 Å². The van der Waals surface area contributed by atoms with Crippen molar-refractivity contribution in [2.75, 3.05) is 31.1 Å². The molecule has 0 N–H and O–H groups in total. The zero-order chi connectivity index (χ0) is 17.9. The fourth-order valence-corrected chi connectivity index (χ4v) is 3.98. The third-order valence-electron chi connectivity index (χ3n) is 5.41. The molecule has 0 unspecified atom stereocenters. The van der Waals surface area contributed by atoms with Crippen LogP contribution in [0.25, 0.3) is 11.5 Å². The largest absolute Gasteiger partial charge is 0.421 e. The number of rotatable bonds is 4. The van der Waals surface area contributed by atoms with Gasteiger partial charge in [0.2, 0.25) is 11.8 Å². The van der Waals surface area contributed by atoms with E-state index in [1.807, 2.05) is 17.0 Å². The standard InChI is InChI=1S/C19H25N5O2/c1-14-21-22-19(26-14)16-7-4-8-20-18(16)24-11-9-23(10-12-24)17(25)13-15-5-2-3-6-15/h4,7-8,15H,2-3,5-6,9-13H2,1H3. The van der Waals surface area contributed by atoms with Crippen LogP contribution in [0.3, 0.4) is 0 Å².